The normalized spacial score (nSPS) is 12.5. The number of ether oxygens (including phenoxy) is 2. The number of nitriles is 1. The van der Waals surface area contributed by atoms with Crippen molar-refractivity contribution in [2.24, 2.45) is 0 Å². The highest BCUT2D eigenvalue weighted by Crippen LogP contribution is 2.30. The molecule has 0 N–H and O–H groups in total. The van der Waals surface area contributed by atoms with E-state index in [1.54, 1.807) is 55.5 Å². The van der Waals surface area contributed by atoms with E-state index >= 15 is 0 Å². The second-order valence-electron chi connectivity index (χ2n) is 6.43. The van der Waals surface area contributed by atoms with Crippen molar-refractivity contribution in [3.63, 3.8) is 0 Å². The van der Waals surface area contributed by atoms with E-state index in [1.807, 2.05) is 12.1 Å². The lowest BCUT2D eigenvalue weighted by atomic mass is 9.93. The van der Waals surface area contributed by atoms with E-state index in [2.05, 4.69) is 31.9 Å². The minimum atomic E-state index is -0.950. The average Bonchev–Trinajstić information content (AvgIpc) is 2.71. The molecule has 7 heteroatoms. The van der Waals surface area contributed by atoms with Gasteiger partial charge in [0.25, 0.3) is 0 Å². The maximum Gasteiger partial charge on any atom is 0.194 e. The van der Waals surface area contributed by atoms with Crippen LogP contribution in [0.25, 0.3) is 0 Å². The van der Waals surface area contributed by atoms with Gasteiger partial charge in [0.1, 0.15) is 17.4 Å². The minimum Gasteiger partial charge on any atom is -0.483 e. The van der Waals surface area contributed by atoms with Crippen LogP contribution in [-0.2, 0) is 4.79 Å². The van der Waals surface area contributed by atoms with Gasteiger partial charge < -0.3 is 9.47 Å². The first kappa shape index (κ1) is 22.0. The number of ketones is 1. The molecule has 0 heterocycles. The van der Waals surface area contributed by atoms with Crippen molar-refractivity contribution in [2.45, 2.75) is 18.9 Å². The molecule has 0 aliphatic rings. The van der Waals surface area contributed by atoms with E-state index in [9.17, 15) is 14.4 Å². The summed E-state index contributed by atoms with van der Waals surface area (Å²) >= 11 is 6.55. The molecule has 3 aromatic rings. The molecule has 3 rings (SSSR count). The Labute approximate surface area is 190 Å². The summed E-state index contributed by atoms with van der Waals surface area (Å²) in [6.07, 6.45) is -0.867. The Morgan fingerprint density at radius 3 is 2.40 bits per heavy atom. The van der Waals surface area contributed by atoms with Crippen LogP contribution >= 0.6 is 31.9 Å². The van der Waals surface area contributed by atoms with Gasteiger partial charge in [-0.15, -0.1) is 0 Å². The van der Waals surface area contributed by atoms with Crippen LogP contribution in [0.3, 0.4) is 0 Å². The lowest BCUT2D eigenvalue weighted by Gasteiger charge is -2.17. The molecule has 0 aliphatic carbocycles. The number of carbonyl (C=O) groups is 1. The molecule has 2 atom stereocenters. The third-order valence-corrected chi connectivity index (χ3v) is 5.22. The van der Waals surface area contributed by atoms with Gasteiger partial charge in [-0.05, 0) is 55.0 Å². The largest absolute Gasteiger partial charge is 0.483 e. The molecule has 0 fully saturated rings. The van der Waals surface area contributed by atoms with Gasteiger partial charge in [-0.1, -0.05) is 50.1 Å². The smallest absolute Gasteiger partial charge is 0.194 e. The third-order valence-electron chi connectivity index (χ3n) is 4.24. The quantitative estimate of drug-likeness (QED) is 0.336. The SMILES string of the molecule is CC(Oc1cccc(Oc2ccc(Br)cc2F)c1)C(=O)C(C#N)c1cccc(Br)c1. The zero-order chi connectivity index (χ0) is 21.7. The number of rotatable bonds is 7. The first-order valence-corrected chi connectivity index (χ1v) is 10.5. The second-order valence-corrected chi connectivity index (χ2v) is 8.26. The molecule has 3 aromatic carbocycles. The van der Waals surface area contributed by atoms with E-state index in [0.717, 1.165) is 4.47 Å². The van der Waals surface area contributed by atoms with Crippen molar-refractivity contribution in [1.82, 2.24) is 0 Å². The molecule has 30 heavy (non-hydrogen) atoms. The molecule has 0 saturated heterocycles. The molecule has 152 valence electrons. The summed E-state index contributed by atoms with van der Waals surface area (Å²) in [5.74, 6) is -1.02. The van der Waals surface area contributed by atoms with E-state index < -0.39 is 17.8 Å². The van der Waals surface area contributed by atoms with Gasteiger partial charge in [0.2, 0.25) is 0 Å². The van der Waals surface area contributed by atoms with Crippen LogP contribution in [0.5, 0.6) is 17.2 Å². The van der Waals surface area contributed by atoms with Crippen LogP contribution in [0, 0.1) is 17.1 Å². The molecule has 0 radical (unpaired) electrons. The number of Topliss-reactive ketones (excluding diaryl/α,β-unsaturated/α-hetero) is 1. The van der Waals surface area contributed by atoms with Crippen molar-refractivity contribution in [3.05, 3.63) is 87.1 Å². The lowest BCUT2D eigenvalue weighted by Crippen LogP contribution is -2.28. The first-order valence-electron chi connectivity index (χ1n) is 8.96. The van der Waals surface area contributed by atoms with Crippen molar-refractivity contribution < 1.29 is 18.7 Å². The van der Waals surface area contributed by atoms with E-state index in [4.69, 9.17) is 9.47 Å². The first-order chi connectivity index (χ1) is 14.4. The Balaban J connectivity index is 1.73. The molecule has 4 nitrogen and oxygen atoms in total. The van der Waals surface area contributed by atoms with Gasteiger partial charge in [-0.3, -0.25) is 4.79 Å². The summed E-state index contributed by atoms with van der Waals surface area (Å²) in [6.45, 7) is 1.59. The Bertz CT molecular complexity index is 1110. The van der Waals surface area contributed by atoms with Gasteiger partial charge in [0, 0.05) is 15.0 Å². The molecule has 0 saturated carbocycles. The Morgan fingerprint density at radius 1 is 1.00 bits per heavy atom. The van der Waals surface area contributed by atoms with E-state index in [1.165, 1.54) is 12.1 Å². The number of hydrogen-bond acceptors (Lipinski definition) is 4. The van der Waals surface area contributed by atoms with Crippen LogP contribution in [0.4, 0.5) is 4.39 Å². The average molecular weight is 533 g/mol. The molecule has 0 aromatic heterocycles. The van der Waals surface area contributed by atoms with Gasteiger partial charge in [0.15, 0.2) is 23.5 Å². The summed E-state index contributed by atoms with van der Waals surface area (Å²) in [5.41, 5.74) is 0.593. The fourth-order valence-electron chi connectivity index (χ4n) is 2.78. The number of hydrogen-bond donors (Lipinski definition) is 0. The summed E-state index contributed by atoms with van der Waals surface area (Å²) in [6, 6.07) is 20.1. The van der Waals surface area contributed by atoms with Crippen LogP contribution in [-0.4, -0.2) is 11.9 Å². The van der Waals surface area contributed by atoms with Crippen molar-refractivity contribution >= 4 is 37.6 Å². The fourth-order valence-corrected chi connectivity index (χ4v) is 3.53. The molecular formula is C23H16Br2FNO3. The van der Waals surface area contributed by atoms with Crippen molar-refractivity contribution in [2.75, 3.05) is 0 Å². The number of nitrogens with zero attached hydrogens (tertiary/aromatic N) is 1. The Kier molecular flexibility index (Phi) is 7.24. The summed E-state index contributed by atoms with van der Waals surface area (Å²) in [5, 5.41) is 9.51. The number of carbonyl (C=O) groups excluding carboxylic acids is 1. The molecule has 2 unspecified atom stereocenters. The summed E-state index contributed by atoms with van der Waals surface area (Å²) < 4.78 is 26.7. The predicted octanol–water partition coefficient (Wildman–Crippen LogP) is 6.79. The molecule has 0 aliphatic heterocycles. The van der Waals surface area contributed by atoms with E-state index in [0.29, 0.717) is 21.5 Å². The van der Waals surface area contributed by atoms with Crippen molar-refractivity contribution in [1.29, 1.82) is 5.26 Å². The zero-order valence-electron chi connectivity index (χ0n) is 15.8. The highest BCUT2D eigenvalue weighted by atomic mass is 79.9. The number of benzene rings is 3. The maximum absolute atomic E-state index is 14.0. The topological polar surface area (TPSA) is 59.3 Å². The predicted molar refractivity (Wildman–Crippen MR) is 118 cm³/mol. The monoisotopic (exact) mass is 531 g/mol. The van der Waals surface area contributed by atoms with Gasteiger partial charge in [0.05, 0.1) is 6.07 Å². The molecule has 0 amide bonds. The molecular weight excluding hydrogens is 517 g/mol. The summed E-state index contributed by atoms with van der Waals surface area (Å²) in [7, 11) is 0. The van der Waals surface area contributed by atoms with Crippen LogP contribution in [0.15, 0.2) is 75.7 Å². The Hall–Kier alpha value is -2.69. The lowest BCUT2D eigenvalue weighted by molar-refractivity contribution is -0.125. The highest BCUT2D eigenvalue weighted by Gasteiger charge is 2.27. The Morgan fingerprint density at radius 2 is 1.70 bits per heavy atom. The fraction of sp³-hybridized carbons (Fsp3) is 0.130. The van der Waals surface area contributed by atoms with Gasteiger partial charge >= 0.3 is 0 Å². The van der Waals surface area contributed by atoms with E-state index in [-0.39, 0.29) is 11.5 Å². The van der Waals surface area contributed by atoms with Crippen LogP contribution in [0.1, 0.15) is 18.4 Å². The van der Waals surface area contributed by atoms with Gasteiger partial charge in [-0.2, -0.15) is 5.26 Å². The van der Waals surface area contributed by atoms with Crippen molar-refractivity contribution in [3.8, 4) is 23.3 Å². The summed E-state index contributed by atoms with van der Waals surface area (Å²) in [4.78, 5) is 12.8. The van der Waals surface area contributed by atoms with Crippen LogP contribution in [0.2, 0.25) is 0 Å². The highest BCUT2D eigenvalue weighted by molar-refractivity contribution is 9.10. The standard InChI is InChI=1S/C23H16Br2FNO3/c1-14(23(28)20(13-27)15-4-2-5-16(24)10-15)29-18-6-3-7-19(12-18)30-22-9-8-17(25)11-21(22)26/h2-12,14,20H,1H3. The zero-order valence-corrected chi connectivity index (χ0v) is 19.0. The third kappa shape index (κ3) is 5.47. The number of halogens is 3. The molecule has 0 spiro atoms. The minimum absolute atomic E-state index is 0.0682. The molecule has 0 bridgehead atoms. The maximum atomic E-state index is 14.0. The second kappa shape index (κ2) is 9.88. The van der Waals surface area contributed by atoms with Crippen LogP contribution < -0.4 is 9.47 Å². The van der Waals surface area contributed by atoms with Gasteiger partial charge in [-0.25, -0.2) is 4.39 Å².